The molecule has 0 saturated carbocycles. The van der Waals surface area contributed by atoms with Crippen molar-refractivity contribution in [2.24, 2.45) is 5.92 Å². The van der Waals surface area contributed by atoms with E-state index in [-0.39, 0.29) is 0 Å². The molecule has 1 aromatic carbocycles. The van der Waals surface area contributed by atoms with E-state index in [1.807, 2.05) is 42.5 Å². The minimum absolute atomic E-state index is 0.466. The van der Waals surface area contributed by atoms with E-state index >= 15 is 0 Å². The summed E-state index contributed by atoms with van der Waals surface area (Å²) in [5.41, 5.74) is 2.30. The van der Waals surface area contributed by atoms with Gasteiger partial charge >= 0.3 is 0 Å². The minimum atomic E-state index is 0.466. The molecule has 1 nitrogen and oxygen atoms in total. The Kier molecular flexibility index (Phi) is 3.09. The molecule has 0 spiro atoms. The first kappa shape index (κ1) is 10.9. The molecule has 1 heterocycles. The van der Waals surface area contributed by atoms with Crippen molar-refractivity contribution in [1.82, 2.24) is 4.79 Å². The smallest absolute Gasteiger partial charge is 0.0815 e. The molecule has 2 aromatic rings. The van der Waals surface area contributed by atoms with Crippen molar-refractivity contribution in [3.05, 3.63) is 48.2 Å². The van der Waals surface area contributed by atoms with Crippen molar-refractivity contribution in [1.29, 1.82) is 0 Å². The highest BCUT2D eigenvalue weighted by Gasteiger charge is 2.10. The summed E-state index contributed by atoms with van der Waals surface area (Å²) >= 11 is 0. The summed E-state index contributed by atoms with van der Waals surface area (Å²) in [6.07, 6.45) is 0.767. The molecule has 0 unspecified atom stereocenters. The monoisotopic (exact) mass is 217 g/mol. The molecule has 0 saturated heterocycles. The van der Waals surface area contributed by atoms with Crippen molar-refractivity contribution in [2.75, 3.05) is 0 Å². The van der Waals surface area contributed by atoms with Gasteiger partial charge in [-0.3, -0.25) is 0 Å². The number of aromatic nitrogens is 1. The van der Waals surface area contributed by atoms with Gasteiger partial charge in [-0.1, -0.05) is 48.7 Å². The Hall–Kier alpha value is -1.57. The lowest BCUT2D eigenvalue weighted by molar-refractivity contribution is 0.354. The number of hydrogen-bond acceptors (Lipinski definition) is 0. The van der Waals surface area contributed by atoms with Gasteiger partial charge in [0.1, 0.15) is 0 Å². The number of nitrogens with zero attached hydrogens (tertiary/aromatic N) is 1. The zero-order valence-corrected chi connectivity index (χ0v) is 9.65. The Morgan fingerprint density at radius 3 is 2.38 bits per heavy atom. The molecule has 16 heavy (non-hydrogen) atoms. The molecule has 2 heteroatoms. The maximum atomic E-state index is 14.0. The molecule has 84 valence electrons. The Bertz CT molecular complexity index is 457. The first-order chi connectivity index (χ1) is 7.68. The van der Waals surface area contributed by atoms with E-state index in [0.29, 0.717) is 11.6 Å². The molecule has 0 aliphatic rings. The van der Waals surface area contributed by atoms with Crippen molar-refractivity contribution in [3.8, 4) is 11.3 Å². The van der Waals surface area contributed by atoms with Crippen LogP contribution in [0, 0.1) is 5.92 Å². The molecule has 0 atom stereocenters. The molecule has 0 radical (unpaired) electrons. The van der Waals surface area contributed by atoms with Crippen LogP contribution in [0.2, 0.25) is 0 Å². The predicted molar refractivity (Wildman–Crippen MR) is 64.9 cm³/mol. The topological polar surface area (TPSA) is 4.93 Å². The van der Waals surface area contributed by atoms with Gasteiger partial charge in [-0.15, -0.1) is 0 Å². The van der Waals surface area contributed by atoms with Crippen molar-refractivity contribution >= 4 is 0 Å². The number of benzene rings is 1. The van der Waals surface area contributed by atoms with Crippen molar-refractivity contribution in [2.45, 2.75) is 20.3 Å². The van der Waals surface area contributed by atoms with E-state index in [4.69, 9.17) is 0 Å². The normalized spacial score (nSPS) is 11.0. The predicted octanol–water partition coefficient (Wildman–Crippen LogP) is 4.09. The fraction of sp³-hybridized carbons (Fsp3) is 0.286. The van der Waals surface area contributed by atoms with Gasteiger partial charge in [-0.25, -0.2) is 0 Å². The fourth-order valence-corrected chi connectivity index (χ4v) is 1.85. The molecule has 0 bridgehead atoms. The Balaban J connectivity index is 2.34. The Morgan fingerprint density at radius 2 is 1.75 bits per heavy atom. The SMILES string of the molecule is CC(C)Cc1ccc(-c2ccccc2)n1F. The van der Waals surface area contributed by atoms with Gasteiger partial charge in [0.2, 0.25) is 0 Å². The fourth-order valence-electron chi connectivity index (χ4n) is 1.85. The van der Waals surface area contributed by atoms with Gasteiger partial charge in [-0.2, -0.15) is 4.79 Å². The van der Waals surface area contributed by atoms with E-state index in [1.165, 1.54) is 0 Å². The highest BCUT2D eigenvalue weighted by atomic mass is 19.2. The van der Waals surface area contributed by atoms with E-state index in [9.17, 15) is 4.48 Å². The summed E-state index contributed by atoms with van der Waals surface area (Å²) in [6.45, 7) is 4.18. The van der Waals surface area contributed by atoms with E-state index in [2.05, 4.69) is 13.8 Å². The van der Waals surface area contributed by atoms with Crippen LogP contribution >= 0.6 is 0 Å². The number of rotatable bonds is 3. The highest BCUT2D eigenvalue weighted by molar-refractivity contribution is 5.60. The lowest BCUT2D eigenvalue weighted by Gasteiger charge is -2.05. The maximum absolute atomic E-state index is 14.0. The first-order valence-electron chi connectivity index (χ1n) is 5.60. The van der Waals surface area contributed by atoms with Crippen LogP contribution in [0.5, 0.6) is 0 Å². The second-order valence-corrected chi connectivity index (χ2v) is 4.45. The van der Waals surface area contributed by atoms with Crippen LogP contribution in [0.4, 0.5) is 4.48 Å². The van der Waals surface area contributed by atoms with Gasteiger partial charge < -0.3 is 0 Å². The summed E-state index contributed by atoms with van der Waals surface area (Å²) in [5.74, 6) is 0.466. The maximum Gasteiger partial charge on any atom is 0.0815 e. The molecular formula is C14H16FN. The van der Waals surface area contributed by atoms with E-state index in [0.717, 1.165) is 22.5 Å². The van der Waals surface area contributed by atoms with Gasteiger partial charge in [0.15, 0.2) is 0 Å². The number of hydrogen-bond donors (Lipinski definition) is 0. The zero-order chi connectivity index (χ0) is 11.5. The third-order valence-corrected chi connectivity index (χ3v) is 2.58. The summed E-state index contributed by atoms with van der Waals surface area (Å²) in [4.78, 5) is 0.801. The Labute approximate surface area is 95.5 Å². The first-order valence-corrected chi connectivity index (χ1v) is 5.60. The largest absolute Gasteiger partial charge is 0.183 e. The van der Waals surface area contributed by atoms with E-state index in [1.54, 1.807) is 0 Å². The standard InChI is InChI=1S/C14H16FN/c1-11(2)10-13-8-9-14(16(13)15)12-6-4-3-5-7-12/h3-9,11H,10H2,1-2H3. The highest BCUT2D eigenvalue weighted by Crippen LogP contribution is 2.23. The average Bonchev–Trinajstić information content (AvgIpc) is 2.61. The second kappa shape index (κ2) is 4.52. The third kappa shape index (κ3) is 2.16. The van der Waals surface area contributed by atoms with Crippen LogP contribution < -0.4 is 0 Å². The van der Waals surface area contributed by atoms with Gasteiger partial charge in [0.05, 0.1) is 11.4 Å². The molecule has 0 N–H and O–H groups in total. The Morgan fingerprint density at radius 1 is 1.06 bits per heavy atom. The van der Waals surface area contributed by atoms with Crippen LogP contribution in [0.25, 0.3) is 11.3 Å². The van der Waals surface area contributed by atoms with Gasteiger partial charge in [0.25, 0.3) is 0 Å². The third-order valence-electron chi connectivity index (χ3n) is 2.58. The molecule has 0 fully saturated rings. The summed E-state index contributed by atoms with van der Waals surface area (Å²) < 4.78 is 14.0. The van der Waals surface area contributed by atoms with Crippen LogP contribution in [0.15, 0.2) is 42.5 Å². The van der Waals surface area contributed by atoms with Crippen molar-refractivity contribution < 1.29 is 4.48 Å². The number of halogens is 1. The summed E-state index contributed by atoms with van der Waals surface area (Å²) in [7, 11) is 0. The zero-order valence-electron chi connectivity index (χ0n) is 9.65. The van der Waals surface area contributed by atoms with Crippen LogP contribution in [-0.2, 0) is 6.42 Å². The minimum Gasteiger partial charge on any atom is -0.183 e. The van der Waals surface area contributed by atoms with Gasteiger partial charge in [0, 0.05) is 5.56 Å². The van der Waals surface area contributed by atoms with Crippen molar-refractivity contribution in [3.63, 3.8) is 0 Å². The summed E-state index contributed by atoms with van der Waals surface area (Å²) in [5, 5.41) is 0. The van der Waals surface area contributed by atoms with Crippen LogP contribution in [0.3, 0.4) is 0 Å². The van der Waals surface area contributed by atoms with Crippen LogP contribution in [-0.4, -0.2) is 4.79 Å². The summed E-state index contributed by atoms with van der Waals surface area (Å²) in [6, 6.07) is 13.3. The molecule has 0 aliphatic heterocycles. The van der Waals surface area contributed by atoms with E-state index < -0.39 is 0 Å². The molecular weight excluding hydrogens is 201 g/mol. The lowest BCUT2D eigenvalue weighted by atomic mass is 10.1. The van der Waals surface area contributed by atoms with Crippen LogP contribution in [0.1, 0.15) is 19.5 Å². The molecule has 1 aromatic heterocycles. The quantitative estimate of drug-likeness (QED) is 0.729. The van der Waals surface area contributed by atoms with Gasteiger partial charge in [-0.05, 0) is 24.5 Å². The lowest BCUT2D eigenvalue weighted by Crippen LogP contribution is -1.99. The second-order valence-electron chi connectivity index (χ2n) is 4.45. The average molecular weight is 217 g/mol. The molecule has 0 aliphatic carbocycles. The molecule has 2 rings (SSSR count). The molecule has 0 amide bonds.